The lowest BCUT2D eigenvalue weighted by atomic mass is 10.2. The van der Waals surface area contributed by atoms with Crippen molar-refractivity contribution in [3.05, 3.63) is 64.1 Å². The summed E-state index contributed by atoms with van der Waals surface area (Å²) in [6.07, 6.45) is 0. The quantitative estimate of drug-likeness (QED) is 0.613. The van der Waals surface area contributed by atoms with E-state index in [1.54, 1.807) is 23.1 Å². The van der Waals surface area contributed by atoms with Crippen LogP contribution in [0.3, 0.4) is 0 Å². The Hall–Kier alpha value is -1.49. The maximum absolute atomic E-state index is 7.14. The van der Waals surface area contributed by atoms with Gasteiger partial charge < -0.3 is 4.90 Å². The summed E-state index contributed by atoms with van der Waals surface area (Å²) in [6, 6.07) is 14.9. The molecule has 0 aliphatic rings. The summed E-state index contributed by atoms with van der Waals surface area (Å²) in [5, 5.41) is 4.54. The molecule has 0 saturated heterocycles. The maximum Gasteiger partial charge on any atom is 0.220 e. The van der Waals surface area contributed by atoms with E-state index in [4.69, 9.17) is 41.0 Å². The van der Waals surface area contributed by atoms with Crippen LogP contribution < -0.4 is 4.90 Å². The number of nitrogens with zero attached hydrogens (tertiary/aromatic N) is 2. The van der Waals surface area contributed by atoms with E-state index in [1.807, 2.05) is 30.3 Å². The van der Waals surface area contributed by atoms with Crippen LogP contribution in [0.5, 0.6) is 0 Å². The molecular formula is C14H11Cl2N3S. The van der Waals surface area contributed by atoms with Gasteiger partial charge in [-0.1, -0.05) is 53.5 Å². The zero-order valence-corrected chi connectivity index (χ0v) is 12.7. The van der Waals surface area contributed by atoms with Crippen LogP contribution in [-0.4, -0.2) is 5.11 Å². The Morgan fingerprint density at radius 1 is 1.15 bits per heavy atom. The molecule has 0 fully saturated rings. The fourth-order valence-corrected chi connectivity index (χ4v) is 2.32. The second kappa shape index (κ2) is 6.79. The Morgan fingerprint density at radius 3 is 2.50 bits per heavy atom. The van der Waals surface area contributed by atoms with Gasteiger partial charge in [-0.15, -0.1) is 5.11 Å². The van der Waals surface area contributed by atoms with Gasteiger partial charge in [-0.05, 0) is 36.0 Å². The molecule has 2 aromatic rings. The number of benzene rings is 2. The first kappa shape index (κ1) is 14.9. The van der Waals surface area contributed by atoms with Crippen molar-refractivity contribution in [1.29, 1.82) is 5.53 Å². The van der Waals surface area contributed by atoms with Gasteiger partial charge in [0.25, 0.3) is 0 Å². The second-order valence-electron chi connectivity index (χ2n) is 4.06. The maximum atomic E-state index is 7.14. The molecule has 0 radical (unpaired) electrons. The number of hydrogen-bond donors (Lipinski definition) is 1. The summed E-state index contributed by atoms with van der Waals surface area (Å²) in [4.78, 5) is 1.69. The van der Waals surface area contributed by atoms with Gasteiger partial charge in [-0.25, -0.2) is 5.53 Å². The van der Waals surface area contributed by atoms with Gasteiger partial charge in [0.05, 0.1) is 17.3 Å². The van der Waals surface area contributed by atoms with E-state index in [9.17, 15) is 0 Å². The van der Waals surface area contributed by atoms with Crippen LogP contribution in [0.25, 0.3) is 0 Å². The van der Waals surface area contributed by atoms with Crippen LogP contribution in [0.15, 0.2) is 53.6 Å². The molecule has 0 amide bonds. The summed E-state index contributed by atoms with van der Waals surface area (Å²) < 4.78 is 0. The predicted molar refractivity (Wildman–Crippen MR) is 86.8 cm³/mol. The average Bonchev–Trinajstić information content (AvgIpc) is 2.48. The smallest absolute Gasteiger partial charge is 0.220 e. The van der Waals surface area contributed by atoms with Gasteiger partial charge in [0.15, 0.2) is 0 Å². The molecular weight excluding hydrogens is 313 g/mol. The molecule has 0 spiro atoms. The number of hydrogen-bond acceptors (Lipinski definition) is 2. The zero-order chi connectivity index (χ0) is 14.5. The van der Waals surface area contributed by atoms with Crippen molar-refractivity contribution >= 4 is 46.2 Å². The molecule has 3 nitrogen and oxygen atoms in total. The van der Waals surface area contributed by atoms with E-state index < -0.39 is 0 Å². The summed E-state index contributed by atoms with van der Waals surface area (Å²) in [7, 11) is 0. The number of nitrogens with one attached hydrogen (secondary N) is 1. The predicted octanol–water partition coefficient (Wildman–Crippen LogP) is 5.32. The van der Waals surface area contributed by atoms with E-state index in [2.05, 4.69) is 5.11 Å². The SMILES string of the molecule is N=NC(=S)N(Cc1ccccc1)c1cc(Cl)ccc1Cl. The second-order valence-corrected chi connectivity index (χ2v) is 5.27. The molecule has 0 aromatic heterocycles. The third-order valence-electron chi connectivity index (χ3n) is 2.71. The van der Waals surface area contributed by atoms with Gasteiger partial charge in [-0.2, -0.15) is 0 Å². The number of halogens is 2. The first-order valence-corrected chi connectivity index (χ1v) is 6.96. The van der Waals surface area contributed by atoms with E-state index in [0.717, 1.165) is 5.56 Å². The monoisotopic (exact) mass is 323 g/mol. The highest BCUT2D eigenvalue weighted by atomic mass is 35.5. The van der Waals surface area contributed by atoms with Crippen molar-refractivity contribution in [2.24, 2.45) is 5.11 Å². The lowest BCUT2D eigenvalue weighted by molar-refractivity contribution is 0.989. The molecule has 0 aliphatic heterocycles. The van der Waals surface area contributed by atoms with Crippen molar-refractivity contribution in [1.82, 2.24) is 0 Å². The highest BCUT2D eigenvalue weighted by Crippen LogP contribution is 2.30. The molecule has 0 atom stereocenters. The van der Waals surface area contributed by atoms with Crippen LogP contribution in [0.2, 0.25) is 10.0 Å². The molecule has 1 N–H and O–H groups in total. The minimum absolute atomic E-state index is 0.137. The summed E-state index contributed by atoms with van der Waals surface area (Å²) in [5.74, 6) is 0. The standard InChI is InChI=1S/C14H11Cl2N3S/c15-11-6-7-12(16)13(8-11)19(14(20)18-17)9-10-4-2-1-3-5-10/h1-8,17H,9H2. The topological polar surface area (TPSA) is 39.5 Å². The fraction of sp³-hybridized carbons (Fsp3) is 0.0714. The van der Waals surface area contributed by atoms with Gasteiger partial charge in [0.2, 0.25) is 5.11 Å². The van der Waals surface area contributed by atoms with E-state index >= 15 is 0 Å². The lowest BCUT2D eigenvalue weighted by Gasteiger charge is -2.23. The van der Waals surface area contributed by atoms with Crippen molar-refractivity contribution in [2.45, 2.75) is 6.54 Å². The lowest BCUT2D eigenvalue weighted by Crippen LogP contribution is -2.27. The van der Waals surface area contributed by atoms with E-state index in [1.165, 1.54) is 0 Å². The van der Waals surface area contributed by atoms with Gasteiger partial charge >= 0.3 is 0 Å². The van der Waals surface area contributed by atoms with E-state index in [-0.39, 0.29) is 5.11 Å². The average molecular weight is 324 g/mol. The van der Waals surface area contributed by atoms with Crippen LogP contribution in [-0.2, 0) is 6.54 Å². The third kappa shape index (κ3) is 3.54. The third-order valence-corrected chi connectivity index (χ3v) is 3.58. The Kier molecular flexibility index (Phi) is 5.06. The fourth-order valence-electron chi connectivity index (χ4n) is 1.77. The first-order chi connectivity index (χ1) is 9.61. The Labute approximate surface area is 132 Å². The molecule has 102 valence electrons. The molecule has 2 rings (SSSR count). The van der Waals surface area contributed by atoms with Crippen LogP contribution in [0.1, 0.15) is 5.56 Å². The normalized spacial score (nSPS) is 10.1. The summed E-state index contributed by atoms with van der Waals surface area (Å²) in [5.41, 5.74) is 8.82. The first-order valence-electron chi connectivity index (χ1n) is 5.80. The highest BCUT2D eigenvalue weighted by molar-refractivity contribution is 7.80. The molecule has 0 saturated carbocycles. The van der Waals surface area contributed by atoms with Crippen molar-refractivity contribution < 1.29 is 0 Å². The molecule has 6 heteroatoms. The summed E-state index contributed by atoms with van der Waals surface area (Å²) >= 11 is 17.3. The highest BCUT2D eigenvalue weighted by Gasteiger charge is 2.16. The molecule has 0 bridgehead atoms. The zero-order valence-electron chi connectivity index (χ0n) is 10.4. The Balaban J connectivity index is 2.40. The minimum Gasteiger partial charge on any atom is -0.310 e. The van der Waals surface area contributed by atoms with Gasteiger partial charge in [0, 0.05) is 5.02 Å². The van der Waals surface area contributed by atoms with Crippen LogP contribution in [0.4, 0.5) is 5.69 Å². The number of thiocarbonyl (C=S) groups is 1. The summed E-state index contributed by atoms with van der Waals surface area (Å²) in [6.45, 7) is 0.474. The van der Waals surface area contributed by atoms with Gasteiger partial charge in [-0.3, -0.25) is 0 Å². The minimum atomic E-state index is 0.137. The van der Waals surface area contributed by atoms with Crippen molar-refractivity contribution in [3.8, 4) is 0 Å². The van der Waals surface area contributed by atoms with E-state index in [0.29, 0.717) is 22.3 Å². The van der Waals surface area contributed by atoms with Crippen molar-refractivity contribution in [3.63, 3.8) is 0 Å². The van der Waals surface area contributed by atoms with Crippen LogP contribution >= 0.6 is 35.4 Å². The number of anilines is 1. The number of rotatable bonds is 3. The largest absolute Gasteiger partial charge is 0.310 e. The molecule has 0 heterocycles. The molecule has 0 aliphatic carbocycles. The van der Waals surface area contributed by atoms with Crippen molar-refractivity contribution in [2.75, 3.05) is 4.90 Å². The Bertz CT molecular complexity index is 632. The molecule has 0 unspecified atom stereocenters. The molecule has 20 heavy (non-hydrogen) atoms. The molecule has 2 aromatic carbocycles. The Morgan fingerprint density at radius 2 is 1.85 bits per heavy atom. The van der Waals surface area contributed by atoms with Crippen LogP contribution in [0, 0.1) is 5.53 Å². The van der Waals surface area contributed by atoms with Gasteiger partial charge in [0.1, 0.15) is 0 Å².